The van der Waals surface area contributed by atoms with Gasteiger partial charge in [-0.2, -0.15) is 10.4 Å². The van der Waals surface area contributed by atoms with E-state index in [0.717, 1.165) is 59.7 Å². The molecule has 0 aromatic carbocycles. The number of hydrogen-bond acceptors (Lipinski definition) is 8. The molecule has 3 aliphatic rings. The van der Waals surface area contributed by atoms with Gasteiger partial charge in [-0.3, -0.25) is 4.90 Å². The Morgan fingerprint density at radius 3 is 2.65 bits per heavy atom. The summed E-state index contributed by atoms with van der Waals surface area (Å²) in [6.07, 6.45) is 9.55. The van der Waals surface area contributed by atoms with Crippen molar-refractivity contribution in [2.24, 2.45) is 5.92 Å². The van der Waals surface area contributed by atoms with Crippen LogP contribution in [0.5, 0.6) is 11.6 Å². The number of ether oxygens (including phenoxy) is 2. The van der Waals surface area contributed by atoms with Gasteiger partial charge in [0.25, 0.3) is 0 Å². The average molecular weight is 535 g/mol. The molecule has 0 saturated carbocycles. The molecule has 3 aliphatic heterocycles. The van der Waals surface area contributed by atoms with Crippen molar-refractivity contribution in [2.45, 2.75) is 45.3 Å². The summed E-state index contributed by atoms with van der Waals surface area (Å²) in [5, 5.41) is 14.1. The zero-order valence-electron chi connectivity index (χ0n) is 23.5. The summed E-state index contributed by atoms with van der Waals surface area (Å²) in [7, 11) is 3.70. The van der Waals surface area contributed by atoms with Crippen molar-refractivity contribution in [2.75, 3.05) is 31.7 Å². The van der Waals surface area contributed by atoms with Gasteiger partial charge in [-0.05, 0) is 41.6 Å². The summed E-state index contributed by atoms with van der Waals surface area (Å²) in [4.78, 5) is 14.3. The second kappa shape index (κ2) is 10.8. The first-order valence-electron chi connectivity index (χ1n) is 14.0. The summed E-state index contributed by atoms with van der Waals surface area (Å²) in [6.45, 7) is 7.78. The molecule has 0 radical (unpaired) electrons. The largest absolute Gasteiger partial charge is 0.492 e. The molecule has 3 fully saturated rings. The lowest BCUT2D eigenvalue weighted by molar-refractivity contribution is -0.00874. The molecular weight excluding hydrogens is 501 g/mol. The van der Waals surface area contributed by atoms with Gasteiger partial charge in [-0.1, -0.05) is 26.3 Å². The third-order valence-corrected chi connectivity index (χ3v) is 8.31. The highest BCUT2D eigenvalue weighted by atomic mass is 16.5. The summed E-state index contributed by atoms with van der Waals surface area (Å²) in [5.41, 5.74) is 5.43. The second-order valence-corrected chi connectivity index (χ2v) is 11.1. The Kier molecular flexibility index (Phi) is 7.07. The van der Waals surface area contributed by atoms with Gasteiger partial charge >= 0.3 is 0 Å². The first kappa shape index (κ1) is 26.1. The number of piperidine rings is 1. The van der Waals surface area contributed by atoms with Gasteiger partial charge in [0.15, 0.2) is 0 Å². The van der Waals surface area contributed by atoms with Crippen molar-refractivity contribution in [1.29, 1.82) is 5.26 Å². The Balaban J connectivity index is 1.18. The van der Waals surface area contributed by atoms with E-state index in [1.54, 1.807) is 17.8 Å². The van der Waals surface area contributed by atoms with Gasteiger partial charge in [-0.15, -0.1) is 0 Å². The van der Waals surface area contributed by atoms with Crippen LogP contribution >= 0.6 is 0 Å². The van der Waals surface area contributed by atoms with E-state index in [9.17, 15) is 5.26 Å². The topological polar surface area (TPSA) is 91.8 Å². The number of rotatable bonds is 9. The molecule has 0 amide bonds. The van der Waals surface area contributed by atoms with E-state index >= 15 is 0 Å². The van der Waals surface area contributed by atoms with Gasteiger partial charge in [0.2, 0.25) is 5.88 Å². The minimum atomic E-state index is 0.455. The minimum Gasteiger partial charge on any atom is -0.492 e. The van der Waals surface area contributed by atoms with E-state index in [0.29, 0.717) is 36.1 Å². The maximum absolute atomic E-state index is 9.70. The number of aromatic nitrogens is 4. The highest BCUT2D eigenvalue weighted by Gasteiger charge is 2.44. The van der Waals surface area contributed by atoms with Crippen LogP contribution in [0.3, 0.4) is 0 Å². The van der Waals surface area contributed by atoms with Gasteiger partial charge in [0.1, 0.15) is 25.5 Å². The van der Waals surface area contributed by atoms with Crippen LogP contribution in [-0.2, 0) is 6.54 Å². The van der Waals surface area contributed by atoms with Crippen LogP contribution < -0.4 is 19.8 Å². The van der Waals surface area contributed by atoms with Gasteiger partial charge in [-0.25, -0.2) is 14.5 Å². The third-order valence-electron chi connectivity index (χ3n) is 8.31. The molecule has 10 heteroatoms. The van der Waals surface area contributed by atoms with Crippen molar-refractivity contribution in [3.63, 3.8) is 0 Å². The second-order valence-electron chi connectivity index (χ2n) is 11.1. The Bertz CT molecular complexity index is 1550. The highest BCUT2D eigenvalue weighted by Crippen LogP contribution is 2.36. The molecule has 4 aromatic rings. The van der Waals surface area contributed by atoms with Gasteiger partial charge in [0.05, 0.1) is 37.2 Å². The van der Waals surface area contributed by atoms with Gasteiger partial charge in [0, 0.05) is 55.2 Å². The molecule has 3 atom stereocenters. The first-order valence-corrected chi connectivity index (χ1v) is 14.0. The summed E-state index contributed by atoms with van der Waals surface area (Å²) >= 11 is 0. The molecule has 7 rings (SSSR count). The number of anilines is 1. The molecule has 3 saturated heterocycles. The normalized spacial score (nSPS) is 19.2. The van der Waals surface area contributed by atoms with Crippen molar-refractivity contribution >= 4 is 24.6 Å². The molecule has 7 heterocycles. The van der Waals surface area contributed by atoms with Crippen LogP contribution in [0, 0.1) is 17.2 Å². The maximum Gasteiger partial charge on any atom is 0.206 e. The van der Waals surface area contributed by atoms with E-state index in [4.69, 9.17) is 14.5 Å². The Morgan fingerprint density at radius 2 is 1.98 bits per heavy atom. The monoisotopic (exact) mass is 535 g/mol. The quantitative estimate of drug-likeness (QED) is 0.302. The lowest BCUT2D eigenvalue weighted by Gasteiger charge is -2.56. The lowest BCUT2D eigenvalue weighted by atomic mass is 9.86. The fraction of sp³-hybridized carbons (Fsp3) is 0.400. The Morgan fingerprint density at radius 1 is 1.15 bits per heavy atom. The molecule has 204 valence electrons. The molecule has 0 aliphatic carbocycles. The fourth-order valence-electron chi connectivity index (χ4n) is 5.83. The summed E-state index contributed by atoms with van der Waals surface area (Å²) in [6, 6.07) is 11.6. The SMILES string of the molecule is Bc1cc(CN2C3CC2CN(c2ccc(-c4cc(OCC(C)CC)cn5ncc(C#N)c45)cn2)C3)cnc1OC. The van der Waals surface area contributed by atoms with Crippen LogP contribution in [0.4, 0.5) is 5.82 Å². The number of hydrogen-bond donors (Lipinski definition) is 0. The third kappa shape index (κ3) is 4.86. The Labute approximate surface area is 235 Å². The van der Waals surface area contributed by atoms with Crippen LogP contribution in [0.25, 0.3) is 16.6 Å². The highest BCUT2D eigenvalue weighted by molar-refractivity contribution is 6.34. The van der Waals surface area contributed by atoms with Crippen LogP contribution in [-0.4, -0.2) is 71.2 Å². The summed E-state index contributed by atoms with van der Waals surface area (Å²) < 4.78 is 13.1. The van der Waals surface area contributed by atoms with Crippen LogP contribution in [0.2, 0.25) is 0 Å². The van der Waals surface area contributed by atoms with Crippen molar-refractivity contribution < 1.29 is 9.47 Å². The van der Waals surface area contributed by atoms with E-state index in [2.05, 4.69) is 58.0 Å². The number of methoxy groups -OCH3 is 1. The predicted molar refractivity (Wildman–Crippen MR) is 157 cm³/mol. The summed E-state index contributed by atoms with van der Waals surface area (Å²) in [5.74, 6) is 2.86. The molecule has 2 bridgehead atoms. The number of fused-ring (bicyclic) bond motifs is 3. The molecule has 40 heavy (non-hydrogen) atoms. The van der Waals surface area contributed by atoms with Crippen LogP contribution in [0.1, 0.15) is 37.8 Å². The van der Waals surface area contributed by atoms with E-state index in [1.165, 1.54) is 12.0 Å². The lowest BCUT2D eigenvalue weighted by Crippen LogP contribution is -2.68. The fourth-order valence-corrected chi connectivity index (χ4v) is 5.83. The zero-order chi connectivity index (χ0) is 27.8. The van der Waals surface area contributed by atoms with Crippen LogP contribution in [0.15, 0.2) is 49.1 Å². The molecule has 3 unspecified atom stereocenters. The maximum atomic E-state index is 9.70. The number of nitrogens with zero attached hydrogens (tertiary/aromatic N) is 7. The first-order chi connectivity index (χ1) is 19.5. The average Bonchev–Trinajstić information content (AvgIpc) is 3.41. The van der Waals surface area contributed by atoms with Crippen molar-refractivity contribution in [3.05, 3.63) is 60.2 Å². The molecule has 0 spiro atoms. The van der Waals surface area contributed by atoms with Crippen molar-refractivity contribution in [1.82, 2.24) is 24.5 Å². The molecule has 0 N–H and O–H groups in total. The molecule has 4 aromatic heterocycles. The smallest absolute Gasteiger partial charge is 0.206 e. The standard InChI is InChI=1S/C30H34BN7O2/c1-4-19(2)18-40-25-9-26(29-22(10-32)13-35-38(29)17-25)21-5-6-28(33-12-21)36-15-23-8-24(16-36)37(23)14-20-7-27(31)30(39-3)34-11-20/h5-7,9,11-13,17,19,23-24H,4,8,14-16,18,31H2,1-3H3. The predicted octanol–water partition coefficient (Wildman–Crippen LogP) is 2.82. The molecular formula is C30H34BN7O2. The number of pyridine rings is 3. The van der Waals surface area contributed by atoms with Crippen molar-refractivity contribution in [3.8, 4) is 28.8 Å². The Hall–Kier alpha value is -4.10. The molecule has 9 nitrogen and oxygen atoms in total. The number of nitriles is 1. The van der Waals surface area contributed by atoms with E-state index in [1.807, 2.05) is 32.5 Å². The van der Waals surface area contributed by atoms with Gasteiger partial charge < -0.3 is 14.4 Å². The van der Waals surface area contributed by atoms with E-state index < -0.39 is 0 Å². The zero-order valence-corrected chi connectivity index (χ0v) is 23.5. The minimum absolute atomic E-state index is 0.455. The number of piperazine rings is 1. The van der Waals surface area contributed by atoms with E-state index in [-0.39, 0.29) is 0 Å².